The molecule has 3 aromatic rings. The third kappa shape index (κ3) is 3.57. The van der Waals surface area contributed by atoms with Crippen LogP contribution in [-0.2, 0) is 17.8 Å². The van der Waals surface area contributed by atoms with E-state index >= 15 is 0 Å². The number of H-pyrrole nitrogens is 1. The van der Waals surface area contributed by atoms with Gasteiger partial charge < -0.3 is 9.64 Å². The molecule has 0 bridgehead atoms. The lowest BCUT2D eigenvalue weighted by atomic mass is 10.0. The average Bonchev–Trinajstić information content (AvgIpc) is 3.12. The van der Waals surface area contributed by atoms with Crippen molar-refractivity contribution in [2.24, 2.45) is 0 Å². The summed E-state index contributed by atoms with van der Waals surface area (Å²) in [6, 6.07) is 15.8. The number of amides is 1. The van der Waals surface area contributed by atoms with Crippen LogP contribution >= 0.6 is 12.2 Å². The number of benzene rings is 2. The van der Waals surface area contributed by atoms with E-state index in [0.717, 1.165) is 42.2 Å². The van der Waals surface area contributed by atoms with Crippen LogP contribution in [0.5, 0.6) is 5.75 Å². The largest absolute Gasteiger partial charge is 0.497 e. The first-order valence-electron chi connectivity index (χ1n) is 9.35. The normalized spacial score (nSPS) is 13.2. The van der Waals surface area contributed by atoms with Crippen molar-refractivity contribution in [3.63, 3.8) is 0 Å². The summed E-state index contributed by atoms with van der Waals surface area (Å²) in [4.78, 5) is 14.8. The van der Waals surface area contributed by atoms with E-state index in [4.69, 9.17) is 17.0 Å². The SMILES string of the molecule is COc1ccc(-c2n[nH]c(=S)n2CCC(=O)N2CCCc3ccccc32)cc1. The number of carbonyl (C=O) groups is 1. The summed E-state index contributed by atoms with van der Waals surface area (Å²) in [5, 5.41) is 7.19. The van der Waals surface area contributed by atoms with Crippen molar-refractivity contribution in [1.29, 1.82) is 0 Å². The number of nitrogens with zero attached hydrogens (tertiary/aromatic N) is 3. The van der Waals surface area contributed by atoms with Gasteiger partial charge in [0.15, 0.2) is 10.6 Å². The Bertz CT molecular complexity index is 1040. The van der Waals surface area contributed by atoms with Gasteiger partial charge in [-0.15, -0.1) is 0 Å². The van der Waals surface area contributed by atoms with E-state index < -0.39 is 0 Å². The summed E-state index contributed by atoms with van der Waals surface area (Å²) in [6.07, 6.45) is 2.38. The zero-order valence-electron chi connectivity index (χ0n) is 15.7. The smallest absolute Gasteiger partial charge is 0.228 e. The van der Waals surface area contributed by atoms with Crippen molar-refractivity contribution in [1.82, 2.24) is 14.8 Å². The van der Waals surface area contributed by atoms with Crippen LogP contribution in [0.1, 0.15) is 18.4 Å². The lowest BCUT2D eigenvalue weighted by Gasteiger charge is -2.29. The van der Waals surface area contributed by atoms with Gasteiger partial charge in [-0.2, -0.15) is 5.10 Å². The lowest BCUT2D eigenvalue weighted by molar-refractivity contribution is -0.118. The predicted molar refractivity (Wildman–Crippen MR) is 111 cm³/mol. The van der Waals surface area contributed by atoms with Gasteiger partial charge in [0.1, 0.15) is 5.75 Å². The highest BCUT2D eigenvalue weighted by atomic mass is 32.1. The minimum Gasteiger partial charge on any atom is -0.497 e. The van der Waals surface area contributed by atoms with Gasteiger partial charge in [0.25, 0.3) is 0 Å². The lowest BCUT2D eigenvalue weighted by Crippen LogP contribution is -2.35. The number of anilines is 1. The van der Waals surface area contributed by atoms with Crippen LogP contribution in [0.15, 0.2) is 48.5 Å². The maximum Gasteiger partial charge on any atom is 0.228 e. The minimum atomic E-state index is 0.107. The molecule has 0 aliphatic carbocycles. The van der Waals surface area contributed by atoms with E-state index in [2.05, 4.69) is 16.3 Å². The van der Waals surface area contributed by atoms with Gasteiger partial charge >= 0.3 is 0 Å². The second-order valence-corrected chi connectivity index (χ2v) is 7.15. The Morgan fingerprint density at radius 3 is 2.79 bits per heavy atom. The standard InChI is InChI=1S/C21H22N4O2S/c1-27-17-10-8-16(9-11-17)20-22-23-21(28)25(20)14-12-19(26)24-13-4-6-15-5-2-3-7-18(15)24/h2-3,5,7-11H,4,6,12-14H2,1H3,(H,23,28). The van der Waals surface area contributed by atoms with Gasteiger partial charge in [0, 0.05) is 30.8 Å². The molecule has 7 heteroatoms. The molecular formula is C21H22N4O2S. The highest BCUT2D eigenvalue weighted by molar-refractivity contribution is 7.71. The Morgan fingerprint density at radius 1 is 1.21 bits per heavy atom. The molecule has 0 spiro atoms. The third-order valence-corrected chi connectivity index (χ3v) is 5.38. The fourth-order valence-corrected chi connectivity index (χ4v) is 3.84. The zero-order valence-corrected chi connectivity index (χ0v) is 16.5. The molecule has 1 aliphatic heterocycles. The highest BCUT2D eigenvalue weighted by Gasteiger charge is 2.22. The van der Waals surface area contributed by atoms with E-state index in [1.807, 2.05) is 51.9 Å². The summed E-state index contributed by atoms with van der Waals surface area (Å²) in [7, 11) is 1.63. The molecule has 0 saturated heterocycles. The van der Waals surface area contributed by atoms with Gasteiger partial charge in [-0.3, -0.25) is 14.5 Å². The first kappa shape index (κ1) is 18.4. The molecule has 1 aromatic heterocycles. The van der Waals surface area contributed by atoms with Crippen molar-refractivity contribution >= 4 is 23.8 Å². The van der Waals surface area contributed by atoms with Gasteiger partial charge in [0.05, 0.1) is 7.11 Å². The quantitative estimate of drug-likeness (QED) is 0.665. The maximum absolute atomic E-state index is 12.9. The van der Waals surface area contributed by atoms with Crippen LogP contribution in [0.4, 0.5) is 5.69 Å². The Hall–Kier alpha value is -2.93. The molecule has 0 fully saturated rings. The molecule has 2 aromatic carbocycles. The molecule has 1 aliphatic rings. The van der Waals surface area contributed by atoms with E-state index in [1.165, 1.54) is 5.56 Å². The Balaban J connectivity index is 1.52. The van der Waals surface area contributed by atoms with E-state index in [-0.39, 0.29) is 5.91 Å². The molecule has 1 N–H and O–H groups in total. The topological polar surface area (TPSA) is 63.1 Å². The maximum atomic E-state index is 12.9. The van der Waals surface area contributed by atoms with Crippen LogP contribution in [0.3, 0.4) is 0 Å². The first-order chi connectivity index (χ1) is 13.7. The minimum absolute atomic E-state index is 0.107. The zero-order chi connectivity index (χ0) is 19.5. The number of ether oxygens (including phenoxy) is 1. The number of rotatable bonds is 5. The van der Waals surface area contributed by atoms with E-state index in [1.54, 1.807) is 7.11 Å². The van der Waals surface area contributed by atoms with Crippen molar-refractivity contribution in [3.8, 4) is 17.1 Å². The number of carbonyl (C=O) groups excluding carboxylic acids is 1. The van der Waals surface area contributed by atoms with E-state index in [0.29, 0.717) is 17.7 Å². The number of aryl methyl sites for hydroxylation is 1. The van der Waals surface area contributed by atoms with E-state index in [9.17, 15) is 4.79 Å². The van der Waals surface area contributed by atoms with Crippen LogP contribution < -0.4 is 9.64 Å². The molecule has 0 radical (unpaired) electrons. The number of nitrogens with one attached hydrogen (secondary N) is 1. The van der Waals surface area contributed by atoms with Gasteiger partial charge in [0.2, 0.25) is 5.91 Å². The number of aromatic nitrogens is 3. The summed E-state index contributed by atoms with van der Waals surface area (Å²) in [6.45, 7) is 1.24. The van der Waals surface area contributed by atoms with Crippen LogP contribution in [0, 0.1) is 4.77 Å². The van der Waals surface area contributed by atoms with Crippen molar-refractivity contribution in [3.05, 3.63) is 58.9 Å². The molecule has 28 heavy (non-hydrogen) atoms. The number of hydrogen-bond donors (Lipinski definition) is 1. The highest BCUT2D eigenvalue weighted by Crippen LogP contribution is 2.27. The van der Waals surface area contributed by atoms with Crippen molar-refractivity contribution < 1.29 is 9.53 Å². The molecule has 2 heterocycles. The van der Waals surface area contributed by atoms with Crippen LogP contribution in [-0.4, -0.2) is 34.3 Å². The molecule has 4 rings (SSSR count). The Morgan fingerprint density at radius 2 is 2.00 bits per heavy atom. The number of fused-ring (bicyclic) bond motifs is 1. The monoisotopic (exact) mass is 394 g/mol. The van der Waals surface area contributed by atoms with Crippen LogP contribution in [0.2, 0.25) is 0 Å². The fourth-order valence-electron chi connectivity index (χ4n) is 3.62. The van der Waals surface area contributed by atoms with Gasteiger partial charge in [-0.05, 0) is 61.0 Å². The molecule has 0 saturated carbocycles. The number of aromatic amines is 1. The molecule has 6 nitrogen and oxygen atoms in total. The summed E-state index contributed by atoms with van der Waals surface area (Å²) in [5.41, 5.74) is 3.19. The summed E-state index contributed by atoms with van der Waals surface area (Å²) in [5.74, 6) is 1.61. The first-order valence-corrected chi connectivity index (χ1v) is 9.76. The Labute approximate surface area is 168 Å². The second kappa shape index (κ2) is 7.98. The average molecular weight is 395 g/mol. The second-order valence-electron chi connectivity index (χ2n) is 6.76. The van der Waals surface area contributed by atoms with Gasteiger partial charge in [-0.1, -0.05) is 18.2 Å². The summed E-state index contributed by atoms with van der Waals surface area (Å²) < 4.78 is 7.60. The molecule has 144 valence electrons. The van der Waals surface area contributed by atoms with Crippen LogP contribution in [0.25, 0.3) is 11.4 Å². The Kier molecular flexibility index (Phi) is 5.25. The molecular weight excluding hydrogens is 372 g/mol. The number of para-hydroxylation sites is 1. The van der Waals surface area contributed by atoms with Gasteiger partial charge in [-0.25, -0.2) is 0 Å². The van der Waals surface area contributed by atoms with Crippen molar-refractivity contribution in [2.45, 2.75) is 25.8 Å². The third-order valence-electron chi connectivity index (χ3n) is 5.07. The fraction of sp³-hybridized carbons (Fsp3) is 0.286. The summed E-state index contributed by atoms with van der Waals surface area (Å²) >= 11 is 5.39. The number of hydrogen-bond acceptors (Lipinski definition) is 4. The number of methoxy groups -OCH3 is 1. The predicted octanol–water partition coefficient (Wildman–Crippen LogP) is 3.99. The van der Waals surface area contributed by atoms with Crippen molar-refractivity contribution in [2.75, 3.05) is 18.6 Å². The molecule has 1 amide bonds. The molecule has 0 unspecified atom stereocenters. The molecule has 0 atom stereocenters.